The third kappa shape index (κ3) is 2.47. The molecule has 1 aromatic carbocycles. The van der Waals surface area contributed by atoms with Gasteiger partial charge in [0.25, 0.3) is 0 Å². The molecule has 0 saturated carbocycles. The van der Waals surface area contributed by atoms with E-state index in [1.54, 1.807) is 0 Å². The molecule has 1 aromatic rings. The summed E-state index contributed by atoms with van der Waals surface area (Å²) in [4.78, 5) is 11.0. The van der Waals surface area contributed by atoms with E-state index in [1.165, 1.54) is 16.8 Å². The van der Waals surface area contributed by atoms with Crippen LogP contribution in [-0.2, 0) is 11.2 Å². The number of aliphatic carboxylic acids is 1. The van der Waals surface area contributed by atoms with Crippen molar-refractivity contribution in [3.63, 3.8) is 0 Å². The number of rotatable bonds is 3. The van der Waals surface area contributed by atoms with Gasteiger partial charge in [0, 0.05) is 23.1 Å². The Morgan fingerprint density at radius 3 is 3.05 bits per heavy atom. The van der Waals surface area contributed by atoms with E-state index in [0.29, 0.717) is 12.3 Å². The van der Waals surface area contributed by atoms with E-state index in [0.717, 1.165) is 24.3 Å². The Bertz CT molecular complexity index is 553. The third-order valence-corrected chi connectivity index (χ3v) is 4.27. The first kappa shape index (κ1) is 12.5. The van der Waals surface area contributed by atoms with Gasteiger partial charge in [-0.2, -0.15) is 0 Å². The summed E-state index contributed by atoms with van der Waals surface area (Å²) in [5.74, 6) is -0.339. The van der Waals surface area contributed by atoms with E-state index in [4.69, 9.17) is 16.7 Å². The van der Waals surface area contributed by atoms with E-state index in [1.807, 2.05) is 18.2 Å². The summed E-state index contributed by atoms with van der Waals surface area (Å²) in [6.07, 6.45) is 3.73. The van der Waals surface area contributed by atoms with E-state index in [9.17, 15) is 4.79 Å². The number of allylic oxidation sites excluding steroid dienone is 1. The molecule has 100 valence electrons. The average Bonchev–Trinajstić information content (AvgIpc) is 2.91. The predicted molar refractivity (Wildman–Crippen MR) is 74.1 cm³/mol. The molecule has 0 aromatic heterocycles. The largest absolute Gasteiger partial charge is 0.480 e. The average molecular weight is 278 g/mol. The van der Waals surface area contributed by atoms with Crippen LogP contribution in [0.15, 0.2) is 35.5 Å². The van der Waals surface area contributed by atoms with Gasteiger partial charge in [0.15, 0.2) is 0 Å². The number of carboxylic acids is 1. The van der Waals surface area contributed by atoms with Gasteiger partial charge < -0.3 is 10.4 Å². The number of hydrogen-bond acceptors (Lipinski definition) is 2. The van der Waals surface area contributed by atoms with Crippen molar-refractivity contribution in [2.75, 3.05) is 0 Å². The Morgan fingerprint density at radius 1 is 1.47 bits per heavy atom. The second-order valence-electron chi connectivity index (χ2n) is 5.33. The van der Waals surface area contributed by atoms with Crippen LogP contribution < -0.4 is 5.32 Å². The topological polar surface area (TPSA) is 49.3 Å². The zero-order valence-corrected chi connectivity index (χ0v) is 11.3. The molecular formula is C15H16ClNO2. The number of halogens is 1. The van der Waals surface area contributed by atoms with Crippen LogP contribution in [0.25, 0.3) is 0 Å². The Labute approximate surface area is 117 Å². The highest BCUT2D eigenvalue weighted by Crippen LogP contribution is 2.39. The van der Waals surface area contributed by atoms with Crippen molar-refractivity contribution in [2.45, 2.75) is 31.7 Å². The summed E-state index contributed by atoms with van der Waals surface area (Å²) in [7, 11) is 0. The van der Waals surface area contributed by atoms with Crippen molar-refractivity contribution in [2.24, 2.45) is 5.92 Å². The molecule has 0 fully saturated rings. The van der Waals surface area contributed by atoms with Crippen molar-refractivity contribution in [1.82, 2.24) is 5.32 Å². The minimum Gasteiger partial charge on any atom is -0.480 e. The van der Waals surface area contributed by atoms with Gasteiger partial charge in [-0.25, -0.2) is 4.79 Å². The molecular weight excluding hydrogens is 262 g/mol. The highest BCUT2D eigenvalue weighted by molar-refractivity contribution is 6.30. The molecule has 19 heavy (non-hydrogen) atoms. The molecule has 0 saturated heterocycles. The Hall–Kier alpha value is -1.48. The van der Waals surface area contributed by atoms with Crippen molar-refractivity contribution in [3.8, 4) is 0 Å². The quantitative estimate of drug-likeness (QED) is 0.893. The first-order valence-corrected chi connectivity index (χ1v) is 6.97. The number of carboxylic acid groups (broad SMARTS) is 1. The van der Waals surface area contributed by atoms with Crippen LogP contribution in [0, 0.1) is 5.92 Å². The molecule has 0 radical (unpaired) electrons. The second-order valence-corrected chi connectivity index (χ2v) is 5.76. The van der Waals surface area contributed by atoms with Gasteiger partial charge in [0.1, 0.15) is 6.04 Å². The normalized spacial score (nSPS) is 25.3. The van der Waals surface area contributed by atoms with Crippen molar-refractivity contribution in [1.29, 1.82) is 0 Å². The molecule has 0 bridgehead atoms. The monoisotopic (exact) mass is 277 g/mol. The molecule has 3 nitrogen and oxygen atoms in total. The Balaban J connectivity index is 1.72. The Kier molecular flexibility index (Phi) is 3.23. The standard InChI is InChI=1S/C15H16ClNO2/c16-12-3-1-2-9(7-12)6-10-4-5-11-8-13(15(18)19)17-14(10)11/h1-3,7,10,13,17H,4-6,8H2,(H,18,19). The maximum Gasteiger partial charge on any atom is 0.326 e. The minimum absolute atomic E-state index is 0.415. The molecule has 1 aliphatic carbocycles. The molecule has 4 heteroatoms. The SMILES string of the molecule is O=C(O)C1CC2=C(N1)C(Cc1cccc(Cl)c1)CC2. The smallest absolute Gasteiger partial charge is 0.326 e. The summed E-state index contributed by atoms with van der Waals surface area (Å²) < 4.78 is 0. The lowest BCUT2D eigenvalue weighted by molar-refractivity contribution is -0.139. The Morgan fingerprint density at radius 2 is 2.32 bits per heavy atom. The zero-order valence-electron chi connectivity index (χ0n) is 10.5. The molecule has 2 aliphatic rings. The van der Waals surface area contributed by atoms with Crippen molar-refractivity contribution in [3.05, 3.63) is 46.1 Å². The predicted octanol–water partition coefficient (Wildman–Crippen LogP) is 2.99. The van der Waals surface area contributed by atoms with E-state index >= 15 is 0 Å². The lowest BCUT2D eigenvalue weighted by atomic mass is 9.96. The minimum atomic E-state index is -0.754. The van der Waals surface area contributed by atoms with Gasteiger partial charge in [-0.1, -0.05) is 23.7 Å². The summed E-state index contributed by atoms with van der Waals surface area (Å²) in [6, 6.07) is 7.48. The first-order chi connectivity index (χ1) is 9.13. The fourth-order valence-corrected chi connectivity index (χ4v) is 3.35. The van der Waals surface area contributed by atoms with Gasteiger partial charge in [0.05, 0.1) is 0 Å². The third-order valence-electron chi connectivity index (χ3n) is 4.03. The summed E-state index contributed by atoms with van der Waals surface area (Å²) in [5, 5.41) is 13.0. The van der Waals surface area contributed by atoms with Crippen LogP contribution in [0.5, 0.6) is 0 Å². The summed E-state index contributed by atoms with van der Waals surface area (Å²) in [6.45, 7) is 0. The highest BCUT2D eigenvalue weighted by Gasteiger charge is 2.36. The molecule has 1 heterocycles. The zero-order chi connectivity index (χ0) is 13.4. The maximum absolute atomic E-state index is 11.0. The summed E-state index contributed by atoms with van der Waals surface area (Å²) in [5.41, 5.74) is 3.69. The number of benzene rings is 1. The van der Waals surface area contributed by atoms with Gasteiger partial charge >= 0.3 is 5.97 Å². The molecule has 2 N–H and O–H groups in total. The van der Waals surface area contributed by atoms with Crippen molar-refractivity contribution >= 4 is 17.6 Å². The van der Waals surface area contributed by atoms with Crippen LogP contribution in [0.4, 0.5) is 0 Å². The summed E-state index contributed by atoms with van der Waals surface area (Å²) >= 11 is 6.00. The first-order valence-electron chi connectivity index (χ1n) is 6.59. The lowest BCUT2D eigenvalue weighted by Crippen LogP contribution is -2.33. The van der Waals surface area contributed by atoms with Crippen LogP contribution in [0.2, 0.25) is 5.02 Å². The highest BCUT2D eigenvalue weighted by atomic mass is 35.5. The van der Waals surface area contributed by atoms with Gasteiger partial charge in [-0.15, -0.1) is 0 Å². The number of carbonyl (C=O) groups is 1. The van der Waals surface area contributed by atoms with Crippen LogP contribution >= 0.6 is 11.6 Å². The fourth-order valence-electron chi connectivity index (χ4n) is 3.13. The lowest BCUT2D eigenvalue weighted by Gasteiger charge is -2.17. The van der Waals surface area contributed by atoms with Crippen molar-refractivity contribution < 1.29 is 9.90 Å². The number of nitrogens with one attached hydrogen (secondary N) is 1. The molecule has 0 spiro atoms. The molecule has 0 amide bonds. The van der Waals surface area contributed by atoms with Gasteiger partial charge in [-0.3, -0.25) is 0 Å². The van der Waals surface area contributed by atoms with E-state index in [-0.39, 0.29) is 0 Å². The molecule has 3 rings (SSSR count). The fraction of sp³-hybridized carbons (Fsp3) is 0.400. The van der Waals surface area contributed by atoms with Crippen LogP contribution in [0.1, 0.15) is 24.8 Å². The van der Waals surface area contributed by atoms with Gasteiger partial charge in [0.2, 0.25) is 0 Å². The van der Waals surface area contributed by atoms with Crippen LogP contribution in [-0.4, -0.2) is 17.1 Å². The molecule has 1 aliphatic heterocycles. The van der Waals surface area contributed by atoms with E-state index < -0.39 is 12.0 Å². The number of hydrogen-bond donors (Lipinski definition) is 2. The van der Waals surface area contributed by atoms with Gasteiger partial charge in [-0.05, 0) is 42.5 Å². The van der Waals surface area contributed by atoms with E-state index in [2.05, 4.69) is 11.4 Å². The molecule has 2 unspecified atom stereocenters. The molecule has 2 atom stereocenters. The second kappa shape index (κ2) is 4.89. The maximum atomic E-state index is 11.0. The van der Waals surface area contributed by atoms with Crippen LogP contribution in [0.3, 0.4) is 0 Å².